The summed E-state index contributed by atoms with van der Waals surface area (Å²) in [5.74, 6) is 1.72. The summed E-state index contributed by atoms with van der Waals surface area (Å²) in [6.45, 7) is 10.9. The van der Waals surface area contributed by atoms with E-state index in [1.807, 2.05) is 0 Å². The molecule has 0 saturated carbocycles. The van der Waals surface area contributed by atoms with Crippen LogP contribution in [0.4, 0.5) is 0 Å². The molecule has 1 saturated heterocycles. The van der Waals surface area contributed by atoms with Crippen LogP contribution < -0.4 is 5.32 Å². The first-order valence-electron chi connectivity index (χ1n) is 5.76. The third kappa shape index (κ3) is 2.07. The molecule has 84 valence electrons. The van der Waals surface area contributed by atoms with Crippen LogP contribution >= 0.6 is 0 Å². The van der Waals surface area contributed by atoms with E-state index in [2.05, 4.69) is 38.0 Å². The second-order valence-corrected chi connectivity index (χ2v) is 5.54. The molecule has 0 bridgehead atoms. The van der Waals surface area contributed by atoms with Gasteiger partial charge >= 0.3 is 0 Å². The summed E-state index contributed by atoms with van der Waals surface area (Å²) in [6, 6.07) is 0. The zero-order valence-electron chi connectivity index (χ0n) is 10.1. The molecule has 1 aromatic rings. The molecule has 1 aliphatic heterocycles. The van der Waals surface area contributed by atoms with E-state index >= 15 is 0 Å². The summed E-state index contributed by atoms with van der Waals surface area (Å²) < 4.78 is 0. The number of aryl methyl sites for hydroxylation is 1. The maximum absolute atomic E-state index is 4.77. The number of aromatic amines is 1. The average Bonchev–Trinajstić information content (AvgIpc) is 2.69. The molecule has 1 atom stereocenters. The van der Waals surface area contributed by atoms with Gasteiger partial charge in [-0.25, -0.2) is 4.98 Å². The first kappa shape index (κ1) is 10.7. The van der Waals surface area contributed by atoms with E-state index in [1.165, 1.54) is 17.8 Å². The van der Waals surface area contributed by atoms with E-state index in [1.54, 1.807) is 0 Å². The predicted molar refractivity (Wildman–Crippen MR) is 62.3 cm³/mol. The van der Waals surface area contributed by atoms with Crippen LogP contribution in [0.3, 0.4) is 0 Å². The molecule has 1 aromatic heterocycles. The van der Waals surface area contributed by atoms with Crippen molar-refractivity contribution in [3.8, 4) is 0 Å². The molecule has 2 N–H and O–H groups in total. The normalized spacial score (nSPS) is 22.3. The van der Waals surface area contributed by atoms with Crippen LogP contribution in [0.1, 0.15) is 50.3 Å². The number of hydrogen-bond acceptors (Lipinski definition) is 2. The molecule has 15 heavy (non-hydrogen) atoms. The van der Waals surface area contributed by atoms with Gasteiger partial charge in [-0.05, 0) is 19.9 Å². The van der Waals surface area contributed by atoms with Gasteiger partial charge in [0.2, 0.25) is 0 Å². The van der Waals surface area contributed by atoms with Gasteiger partial charge in [-0.3, -0.25) is 0 Å². The third-order valence-corrected chi connectivity index (χ3v) is 3.08. The van der Waals surface area contributed by atoms with Gasteiger partial charge in [0.05, 0.1) is 5.69 Å². The van der Waals surface area contributed by atoms with Crippen LogP contribution in [0, 0.1) is 6.92 Å². The smallest absolute Gasteiger partial charge is 0.111 e. The third-order valence-electron chi connectivity index (χ3n) is 3.08. The van der Waals surface area contributed by atoms with Crippen molar-refractivity contribution < 1.29 is 0 Å². The minimum Gasteiger partial charge on any atom is -0.345 e. The van der Waals surface area contributed by atoms with E-state index < -0.39 is 0 Å². The largest absolute Gasteiger partial charge is 0.345 e. The lowest BCUT2D eigenvalue weighted by atomic mass is 9.96. The number of hydrogen-bond donors (Lipinski definition) is 2. The Hall–Kier alpha value is -0.830. The Balaban J connectivity index is 2.29. The fourth-order valence-electron chi connectivity index (χ4n) is 2.11. The Labute approximate surface area is 91.7 Å². The summed E-state index contributed by atoms with van der Waals surface area (Å²) in [6.07, 6.45) is 1.22. The van der Waals surface area contributed by atoms with Crippen molar-refractivity contribution in [2.75, 3.05) is 13.1 Å². The van der Waals surface area contributed by atoms with Gasteiger partial charge in [-0.1, -0.05) is 20.8 Å². The highest BCUT2D eigenvalue weighted by Crippen LogP contribution is 2.27. The summed E-state index contributed by atoms with van der Waals surface area (Å²) in [4.78, 5) is 8.19. The average molecular weight is 207 g/mol. The molecule has 1 unspecified atom stereocenters. The minimum atomic E-state index is 0.120. The molecule has 3 heteroatoms. The highest BCUT2D eigenvalue weighted by Gasteiger charge is 2.25. The summed E-state index contributed by atoms with van der Waals surface area (Å²) >= 11 is 0. The fourth-order valence-corrected chi connectivity index (χ4v) is 2.11. The maximum Gasteiger partial charge on any atom is 0.111 e. The van der Waals surface area contributed by atoms with Crippen molar-refractivity contribution in [1.82, 2.24) is 15.3 Å². The Morgan fingerprint density at radius 3 is 2.53 bits per heavy atom. The SMILES string of the molecule is Cc1[nH]c(C(C)(C)C)nc1C1CCNC1. The molecule has 0 radical (unpaired) electrons. The molecule has 0 aliphatic carbocycles. The van der Waals surface area contributed by atoms with Crippen molar-refractivity contribution in [2.24, 2.45) is 0 Å². The number of nitrogens with one attached hydrogen (secondary N) is 2. The number of nitrogens with zero attached hydrogens (tertiary/aromatic N) is 1. The lowest BCUT2D eigenvalue weighted by Gasteiger charge is -2.14. The molecule has 0 aromatic carbocycles. The van der Waals surface area contributed by atoms with Crippen molar-refractivity contribution in [3.05, 3.63) is 17.2 Å². The Morgan fingerprint density at radius 2 is 2.07 bits per heavy atom. The fraction of sp³-hybridized carbons (Fsp3) is 0.750. The maximum atomic E-state index is 4.77. The van der Waals surface area contributed by atoms with Crippen LogP contribution in [0.25, 0.3) is 0 Å². The van der Waals surface area contributed by atoms with Gasteiger partial charge in [0.1, 0.15) is 5.82 Å². The molecule has 0 amide bonds. The molecule has 2 heterocycles. The van der Waals surface area contributed by atoms with Crippen LogP contribution in [0.2, 0.25) is 0 Å². The standard InChI is InChI=1S/C12H21N3/c1-8-10(9-5-6-13-7-9)15-11(14-8)12(2,3)4/h9,13H,5-7H2,1-4H3,(H,14,15). The van der Waals surface area contributed by atoms with Gasteiger partial charge in [-0.15, -0.1) is 0 Å². The summed E-state index contributed by atoms with van der Waals surface area (Å²) in [5, 5.41) is 3.39. The highest BCUT2D eigenvalue weighted by molar-refractivity contribution is 5.22. The Bertz CT molecular complexity index is 340. The van der Waals surface area contributed by atoms with E-state index in [4.69, 9.17) is 4.98 Å². The van der Waals surface area contributed by atoms with Crippen molar-refractivity contribution >= 4 is 0 Å². The summed E-state index contributed by atoms with van der Waals surface area (Å²) in [5.41, 5.74) is 2.63. The first-order valence-corrected chi connectivity index (χ1v) is 5.76. The molecule has 1 aliphatic rings. The van der Waals surface area contributed by atoms with Crippen LogP contribution in [0.15, 0.2) is 0 Å². The minimum absolute atomic E-state index is 0.120. The number of rotatable bonds is 1. The van der Waals surface area contributed by atoms with E-state index in [-0.39, 0.29) is 5.41 Å². The quantitative estimate of drug-likeness (QED) is 0.740. The molecule has 2 rings (SSSR count). The zero-order valence-corrected chi connectivity index (χ0v) is 10.1. The summed E-state index contributed by atoms with van der Waals surface area (Å²) in [7, 11) is 0. The topological polar surface area (TPSA) is 40.7 Å². The second-order valence-electron chi connectivity index (χ2n) is 5.54. The molecule has 3 nitrogen and oxygen atoms in total. The van der Waals surface area contributed by atoms with Gasteiger partial charge < -0.3 is 10.3 Å². The van der Waals surface area contributed by atoms with Crippen LogP contribution in [-0.4, -0.2) is 23.1 Å². The van der Waals surface area contributed by atoms with Gasteiger partial charge in [0.25, 0.3) is 0 Å². The Kier molecular flexibility index (Phi) is 2.59. The lowest BCUT2D eigenvalue weighted by Crippen LogP contribution is -2.14. The zero-order chi connectivity index (χ0) is 11.1. The highest BCUT2D eigenvalue weighted by atomic mass is 15.0. The van der Waals surface area contributed by atoms with E-state index in [9.17, 15) is 0 Å². The number of H-pyrrole nitrogens is 1. The van der Waals surface area contributed by atoms with Crippen LogP contribution in [-0.2, 0) is 5.41 Å². The first-order chi connectivity index (χ1) is 6.98. The molecular formula is C12H21N3. The molecular weight excluding hydrogens is 186 g/mol. The predicted octanol–water partition coefficient (Wildman–Crippen LogP) is 2.09. The molecule has 0 spiro atoms. The van der Waals surface area contributed by atoms with Crippen molar-refractivity contribution in [2.45, 2.75) is 45.4 Å². The van der Waals surface area contributed by atoms with Crippen molar-refractivity contribution in [1.29, 1.82) is 0 Å². The van der Waals surface area contributed by atoms with Gasteiger partial charge in [0, 0.05) is 23.6 Å². The Morgan fingerprint density at radius 1 is 1.33 bits per heavy atom. The lowest BCUT2D eigenvalue weighted by molar-refractivity contribution is 0.549. The second kappa shape index (κ2) is 3.63. The van der Waals surface area contributed by atoms with E-state index in [0.29, 0.717) is 5.92 Å². The van der Waals surface area contributed by atoms with E-state index in [0.717, 1.165) is 18.9 Å². The monoisotopic (exact) mass is 207 g/mol. The number of imidazole rings is 1. The van der Waals surface area contributed by atoms with Gasteiger partial charge in [0.15, 0.2) is 0 Å². The van der Waals surface area contributed by atoms with Crippen molar-refractivity contribution in [3.63, 3.8) is 0 Å². The van der Waals surface area contributed by atoms with Crippen LogP contribution in [0.5, 0.6) is 0 Å². The van der Waals surface area contributed by atoms with Gasteiger partial charge in [-0.2, -0.15) is 0 Å². The molecule has 1 fully saturated rings. The number of aromatic nitrogens is 2.